The van der Waals surface area contributed by atoms with E-state index in [1.807, 2.05) is 121 Å². The van der Waals surface area contributed by atoms with Crippen LogP contribution in [-0.2, 0) is 6.18 Å². The van der Waals surface area contributed by atoms with Crippen molar-refractivity contribution < 1.29 is 13.2 Å². The summed E-state index contributed by atoms with van der Waals surface area (Å²) in [5, 5.41) is 21.4. The zero-order chi connectivity index (χ0) is 39.1. The summed E-state index contributed by atoms with van der Waals surface area (Å²) in [6, 6.07) is 53.4. The molecule has 0 amide bonds. The smallest absolute Gasteiger partial charge is 0.309 e. The van der Waals surface area contributed by atoms with Crippen LogP contribution in [0.1, 0.15) is 16.7 Å². The van der Waals surface area contributed by atoms with Crippen LogP contribution in [0.3, 0.4) is 0 Å². The maximum absolute atomic E-state index is 13.8. The molecule has 0 unspecified atom stereocenters. The Balaban J connectivity index is 1.30. The minimum atomic E-state index is -4.51. The number of rotatable bonds is 6. The molecule has 9 heteroatoms. The van der Waals surface area contributed by atoms with Gasteiger partial charge in [0.15, 0.2) is 17.5 Å². The Morgan fingerprint density at radius 3 is 1.70 bits per heavy atom. The van der Waals surface area contributed by atoms with Gasteiger partial charge in [0.1, 0.15) is 0 Å². The van der Waals surface area contributed by atoms with Gasteiger partial charge in [-0.15, -0.1) is 0 Å². The predicted octanol–water partition coefficient (Wildman–Crippen LogP) is 12.1. The SMILES string of the molecule is N#Cc1ccc(-c2ccc3c4ccccc4n(-c4ccc(-c5nc(-c6ccccc6)nc(-c6ccccc6)n5)c(-c5ccc(C(F)(F)F)cc5)c4)c3c2)c(C#N)c1. The van der Waals surface area contributed by atoms with E-state index >= 15 is 0 Å². The molecule has 0 aliphatic heterocycles. The molecule has 0 fully saturated rings. The van der Waals surface area contributed by atoms with Crippen LogP contribution in [0.2, 0.25) is 0 Å². The number of fused-ring (bicyclic) bond motifs is 3. The van der Waals surface area contributed by atoms with Crippen LogP contribution >= 0.6 is 0 Å². The topological polar surface area (TPSA) is 91.2 Å². The van der Waals surface area contributed by atoms with Crippen LogP contribution in [0.25, 0.3) is 83.9 Å². The largest absolute Gasteiger partial charge is 0.416 e. The van der Waals surface area contributed by atoms with E-state index < -0.39 is 11.7 Å². The van der Waals surface area contributed by atoms with E-state index in [2.05, 4.69) is 16.7 Å². The third-order valence-electron chi connectivity index (χ3n) is 9.98. The highest BCUT2D eigenvalue weighted by atomic mass is 19.4. The molecule has 9 aromatic rings. The van der Waals surface area contributed by atoms with Gasteiger partial charge in [0, 0.05) is 33.2 Å². The third kappa shape index (κ3) is 6.43. The summed E-state index contributed by atoms with van der Waals surface area (Å²) >= 11 is 0. The fraction of sp³-hybridized carbons (Fsp3) is 0.0208. The molecule has 0 aliphatic rings. The standard InChI is InChI=1S/C48H27F3N6/c49-48(50,51)36-19-16-31(17-20-36)42-27-37(21-24-41(42)47-55-45(32-9-3-1-4-10-32)54-46(56-47)33-11-5-2-6-12-33)57-43-14-8-7-13-39(43)40-23-18-34(26-44(40)57)38-22-15-30(28-52)25-35(38)29-53/h1-27H. The van der Waals surface area contributed by atoms with Crippen molar-refractivity contribution in [3.8, 4) is 74.2 Å². The van der Waals surface area contributed by atoms with Crippen molar-refractivity contribution in [1.29, 1.82) is 10.5 Å². The highest BCUT2D eigenvalue weighted by molar-refractivity contribution is 6.10. The summed E-state index contributed by atoms with van der Waals surface area (Å²) in [4.78, 5) is 14.7. The molecule has 270 valence electrons. The molecule has 0 saturated carbocycles. The Morgan fingerprint density at radius 1 is 0.456 bits per heavy atom. The van der Waals surface area contributed by atoms with Crippen molar-refractivity contribution in [2.45, 2.75) is 6.18 Å². The van der Waals surface area contributed by atoms with E-state index in [1.165, 1.54) is 12.1 Å². The van der Waals surface area contributed by atoms with E-state index in [4.69, 9.17) is 15.0 Å². The number of aromatic nitrogens is 4. The first-order chi connectivity index (χ1) is 27.8. The molecule has 6 nitrogen and oxygen atoms in total. The summed E-state index contributed by atoms with van der Waals surface area (Å²) in [6.07, 6.45) is -4.51. The van der Waals surface area contributed by atoms with Gasteiger partial charge in [-0.1, -0.05) is 109 Å². The summed E-state index contributed by atoms with van der Waals surface area (Å²) in [7, 11) is 0. The first kappa shape index (κ1) is 34.9. The van der Waals surface area contributed by atoms with Gasteiger partial charge in [-0.05, 0) is 76.9 Å². The summed E-state index contributed by atoms with van der Waals surface area (Å²) < 4.78 is 43.5. The van der Waals surface area contributed by atoms with Gasteiger partial charge in [-0.2, -0.15) is 23.7 Å². The number of benzene rings is 7. The fourth-order valence-corrected chi connectivity index (χ4v) is 7.25. The second-order valence-electron chi connectivity index (χ2n) is 13.4. The molecule has 0 N–H and O–H groups in total. The number of halogens is 3. The maximum atomic E-state index is 13.8. The Morgan fingerprint density at radius 2 is 1.05 bits per heavy atom. The van der Waals surface area contributed by atoms with Crippen molar-refractivity contribution in [2.75, 3.05) is 0 Å². The molecule has 2 aromatic heterocycles. The molecule has 0 spiro atoms. The van der Waals surface area contributed by atoms with Gasteiger partial charge in [0.2, 0.25) is 0 Å². The summed E-state index contributed by atoms with van der Waals surface area (Å²) in [5.74, 6) is 1.27. The highest BCUT2D eigenvalue weighted by Crippen LogP contribution is 2.40. The minimum absolute atomic E-state index is 0.360. The Labute approximate surface area is 325 Å². The van der Waals surface area contributed by atoms with Crippen LogP contribution in [-0.4, -0.2) is 19.5 Å². The molecule has 0 saturated heterocycles. The third-order valence-corrected chi connectivity index (χ3v) is 9.98. The number of para-hydroxylation sites is 1. The quantitative estimate of drug-likeness (QED) is 0.169. The van der Waals surface area contributed by atoms with E-state index in [9.17, 15) is 23.7 Å². The second kappa shape index (κ2) is 14.1. The first-order valence-electron chi connectivity index (χ1n) is 18.0. The van der Waals surface area contributed by atoms with Crippen LogP contribution in [0, 0.1) is 22.7 Å². The van der Waals surface area contributed by atoms with E-state index in [0.717, 1.165) is 56.3 Å². The van der Waals surface area contributed by atoms with Crippen molar-refractivity contribution in [3.63, 3.8) is 0 Å². The number of alkyl halides is 3. The van der Waals surface area contributed by atoms with Crippen LogP contribution < -0.4 is 0 Å². The van der Waals surface area contributed by atoms with Crippen molar-refractivity contribution in [2.24, 2.45) is 0 Å². The van der Waals surface area contributed by atoms with Gasteiger partial charge < -0.3 is 4.57 Å². The van der Waals surface area contributed by atoms with Crippen molar-refractivity contribution in [3.05, 3.63) is 180 Å². The molecular formula is C48H27F3N6. The monoisotopic (exact) mass is 744 g/mol. The molecule has 0 radical (unpaired) electrons. The number of hydrogen-bond acceptors (Lipinski definition) is 5. The lowest BCUT2D eigenvalue weighted by Gasteiger charge is -2.16. The molecule has 9 rings (SSSR count). The van der Waals surface area contributed by atoms with Gasteiger partial charge in [0.05, 0.1) is 39.9 Å². The number of hydrogen-bond donors (Lipinski definition) is 0. The van der Waals surface area contributed by atoms with Gasteiger partial charge in [0.25, 0.3) is 0 Å². The average Bonchev–Trinajstić information content (AvgIpc) is 3.59. The molecule has 57 heavy (non-hydrogen) atoms. The molecule has 0 atom stereocenters. The van der Waals surface area contributed by atoms with E-state index in [-0.39, 0.29) is 0 Å². The van der Waals surface area contributed by atoms with E-state index in [1.54, 1.807) is 18.2 Å². The lowest BCUT2D eigenvalue weighted by atomic mass is 9.96. The molecular weight excluding hydrogens is 718 g/mol. The minimum Gasteiger partial charge on any atom is -0.309 e. The molecule has 2 heterocycles. The van der Waals surface area contributed by atoms with Crippen LogP contribution in [0.4, 0.5) is 13.2 Å². The number of nitrogens with zero attached hydrogens (tertiary/aromatic N) is 6. The van der Waals surface area contributed by atoms with Gasteiger partial charge in [-0.3, -0.25) is 0 Å². The number of nitriles is 2. The predicted molar refractivity (Wildman–Crippen MR) is 216 cm³/mol. The summed E-state index contributed by atoms with van der Waals surface area (Å²) in [5.41, 5.74) is 7.35. The Bertz CT molecular complexity index is 3010. The fourth-order valence-electron chi connectivity index (χ4n) is 7.25. The molecule has 0 bridgehead atoms. The molecule has 7 aromatic carbocycles. The average molecular weight is 745 g/mol. The van der Waals surface area contributed by atoms with Gasteiger partial charge in [-0.25, -0.2) is 15.0 Å². The zero-order valence-corrected chi connectivity index (χ0v) is 29.9. The second-order valence-corrected chi connectivity index (χ2v) is 13.4. The lowest BCUT2D eigenvalue weighted by Crippen LogP contribution is -2.04. The zero-order valence-electron chi connectivity index (χ0n) is 29.9. The van der Waals surface area contributed by atoms with Crippen molar-refractivity contribution in [1.82, 2.24) is 19.5 Å². The highest BCUT2D eigenvalue weighted by Gasteiger charge is 2.30. The molecule has 0 aliphatic carbocycles. The van der Waals surface area contributed by atoms with E-state index in [0.29, 0.717) is 50.9 Å². The Hall–Kier alpha value is -7.88. The van der Waals surface area contributed by atoms with Gasteiger partial charge >= 0.3 is 6.18 Å². The Kier molecular flexibility index (Phi) is 8.61. The van der Waals surface area contributed by atoms with Crippen LogP contribution in [0.5, 0.6) is 0 Å². The van der Waals surface area contributed by atoms with Crippen LogP contribution in [0.15, 0.2) is 164 Å². The summed E-state index contributed by atoms with van der Waals surface area (Å²) in [6.45, 7) is 0. The van der Waals surface area contributed by atoms with Crippen molar-refractivity contribution >= 4 is 21.8 Å². The maximum Gasteiger partial charge on any atom is 0.416 e. The first-order valence-corrected chi connectivity index (χ1v) is 18.0. The lowest BCUT2D eigenvalue weighted by molar-refractivity contribution is -0.137. The normalized spacial score (nSPS) is 11.4.